The van der Waals surface area contributed by atoms with Crippen LogP contribution < -0.4 is 10.5 Å². The van der Waals surface area contributed by atoms with Gasteiger partial charge in [0.2, 0.25) is 0 Å². The first-order valence-electron chi connectivity index (χ1n) is 16.8. The number of rotatable bonds is 8. The Morgan fingerprint density at radius 2 is 1.90 bits per heavy atom. The molecule has 0 spiro atoms. The molecule has 252 valence electrons. The van der Waals surface area contributed by atoms with Crippen LogP contribution in [0, 0.1) is 34.5 Å². The zero-order valence-corrected chi connectivity index (χ0v) is 27.2. The summed E-state index contributed by atoms with van der Waals surface area (Å²) in [5, 5.41) is 43.5. The third kappa shape index (κ3) is 5.43. The Hall–Kier alpha value is -4.02. The van der Waals surface area contributed by atoms with Crippen LogP contribution in [0.25, 0.3) is 11.3 Å². The highest BCUT2D eigenvalue weighted by atomic mass is 16.5. The fourth-order valence-corrected chi connectivity index (χ4v) is 9.70. The van der Waals surface area contributed by atoms with Gasteiger partial charge in [0, 0.05) is 39.6 Å². The zero-order chi connectivity index (χ0) is 34.0. The Morgan fingerprint density at radius 1 is 1.08 bits per heavy atom. The molecule has 8 atom stereocenters. The summed E-state index contributed by atoms with van der Waals surface area (Å²) in [4.78, 5) is 26.2. The predicted octanol–water partition coefficient (Wildman–Crippen LogP) is 5.59. The van der Waals surface area contributed by atoms with Crippen LogP contribution in [0.1, 0.15) is 75.0 Å². The molecule has 4 aliphatic carbocycles. The fraction of sp³-hybridized carbons (Fsp3) is 0.436. The Bertz CT molecular complexity index is 1810. The highest BCUT2D eigenvalue weighted by molar-refractivity contribution is 6.01. The Kier molecular flexibility index (Phi) is 8.23. The van der Waals surface area contributed by atoms with Crippen molar-refractivity contribution in [3.63, 3.8) is 0 Å². The Balaban J connectivity index is 1.08. The number of aliphatic hydroxyl groups excluding tert-OH is 3. The number of aliphatic hydroxyl groups is 4. The number of benzene rings is 2. The molecular formula is C39H43NO8. The van der Waals surface area contributed by atoms with Gasteiger partial charge in [-0.3, -0.25) is 9.59 Å². The maximum Gasteiger partial charge on any atom is 0.179 e. The van der Waals surface area contributed by atoms with Gasteiger partial charge >= 0.3 is 0 Å². The summed E-state index contributed by atoms with van der Waals surface area (Å²) in [5.74, 6) is 0.341. The first-order chi connectivity index (χ1) is 22.9. The smallest absolute Gasteiger partial charge is 0.179 e. The molecular weight excluding hydrogens is 610 g/mol. The second-order valence-electron chi connectivity index (χ2n) is 14.6. The number of nitrogens with two attached hydrogens (primary N) is 1. The van der Waals surface area contributed by atoms with Crippen LogP contribution in [-0.2, 0) is 16.2 Å². The fourth-order valence-electron chi connectivity index (χ4n) is 9.70. The van der Waals surface area contributed by atoms with E-state index in [-0.39, 0.29) is 58.2 Å². The zero-order valence-electron chi connectivity index (χ0n) is 27.2. The van der Waals surface area contributed by atoms with Gasteiger partial charge < -0.3 is 35.3 Å². The van der Waals surface area contributed by atoms with Crippen LogP contribution in [0.3, 0.4) is 0 Å². The van der Waals surface area contributed by atoms with Gasteiger partial charge in [-0.2, -0.15) is 0 Å². The lowest BCUT2D eigenvalue weighted by Gasteiger charge is -2.58. The lowest BCUT2D eigenvalue weighted by atomic mass is 9.46. The number of anilines is 1. The number of Topliss-reactive ketones (excluding diaryl/α,β-unsaturated/α-hetero) is 1. The summed E-state index contributed by atoms with van der Waals surface area (Å²) in [5.41, 5.74) is 8.38. The standard InChI is InChI=1S/C39H43NO8/c1-38-13-12-25(41)16-23(38)6-8-28-30-10-11-31(39(30,2)18-32(42)34(28)38)36(44)35(43)22-15-33(48-20-22)27-9-7-26(17-29(27)37(45)46)47-19-21-4-3-5-24(40)14-21/h3-5,7,9,12-17,20,28,30-32,34-35,37,42-43,45-46H,6,8,10-11,18-19,40H2,1-2H3/t28-,30?,31+,32-,34?,35?,38-,39-/m0/s1. The topological polar surface area (TPSA) is 163 Å². The maximum atomic E-state index is 14.0. The number of furan rings is 1. The van der Waals surface area contributed by atoms with Crippen LogP contribution in [-0.4, -0.2) is 38.1 Å². The first-order valence-corrected chi connectivity index (χ1v) is 16.8. The second kappa shape index (κ2) is 12.1. The van der Waals surface area contributed by atoms with E-state index in [1.165, 1.54) is 12.3 Å². The number of ether oxygens (including phenoxy) is 1. The van der Waals surface area contributed by atoms with Crippen molar-refractivity contribution in [1.29, 1.82) is 0 Å². The predicted molar refractivity (Wildman–Crippen MR) is 178 cm³/mol. The highest BCUT2D eigenvalue weighted by Gasteiger charge is 2.63. The summed E-state index contributed by atoms with van der Waals surface area (Å²) < 4.78 is 11.6. The van der Waals surface area contributed by atoms with Gasteiger partial charge in [0.25, 0.3) is 0 Å². The molecule has 9 nitrogen and oxygen atoms in total. The van der Waals surface area contributed by atoms with Crippen LogP contribution >= 0.6 is 0 Å². The van der Waals surface area contributed by atoms with Crippen molar-refractivity contribution in [2.24, 2.45) is 34.5 Å². The molecule has 9 heteroatoms. The van der Waals surface area contributed by atoms with Crippen molar-refractivity contribution < 1.29 is 39.2 Å². The van der Waals surface area contributed by atoms with Gasteiger partial charge in [0.1, 0.15) is 24.2 Å². The van der Waals surface area contributed by atoms with Crippen LogP contribution in [0.5, 0.6) is 5.75 Å². The van der Waals surface area contributed by atoms with Crippen LogP contribution in [0.15, 0.2) is 83.0 Å². The molecule has 3 unspecified atom stereocenters. The quantitative estimate of drug-likeness (QED) is 0.154. The monoisotopic (exact) mass is 653 g/mol. The second-order valence-corrected chi connectivity index (χ2v) is 14.6. The molecule has 1 aromatic heterocycles. The first kappa shape index (κ1) is 32.5. The molecule has 6 N–H and O–H groups in total. The molecule has 3 aromatic rings. The number of ketones is 2. The number of carbonyl (C=O) groups is 2. The van der Waals surface area contributed by atoms with Gasteiger partial charge in [-0.15, -0.1) is 0 Å². The van der Waals surface area contributed by atoms with Gasteiger partial charge in [0.05, 0.1) is 12.4 Å². The number of hydrogen-bond acceptors (Lipinski definition) is 9. The minimum absolute atomic E-state index is 0.00100. The Labute approximate surface area is 279 Å². The third-order valence-electron chi connectivity index (χ3n) is 12.0. The molecule has 0 aliphatic heterocycles. The van der Waals surface area contributed by atoms with E-state index in [1.54, 1.807) is 42.5 Å². The molecule has 0 radical (unpaired) electrons. The molecule has 0 amide bonds. The summed E-state index contributed by atoms with van der Waals surface area (Å²) >= 11 is 0. The molecule has 7 rings (SSSR count). The summed E-state index contributed by atoms with van der Waals surface area (Å²) in [6, 6.07) is 13.7. The molecule has 0 bridgehead atoms. The largest absolute Gasteiger partial charge is 0.489 e. The van der Waals surface area contributed by atoms with E-state index in [1.807, 2.05) is 18.2 Å². The van der Waals surface area contributed by atoms with Gasteiger partial charge in [-0.25, -0.2) is 0 Å². The number of fused-ring (bicyclic) bond motifs is 5. The van der Waals surface area contributed by atoms with Crippen LogP contribution in [0.2, 0.25) is 0 Å². The highest BCUT2D eigenvalue weighted by Crippen LogP contribution is 2.66. The van der Waals surface area contributed by atoms with E-state index in [2.05, 4.69) is 13.8 Å². The maximum absolute atomic E-state index is 14.0. The molecule has 1 heterocycles. The van der Waals surface area contributed by atoms with E-state index in [9.17, 15) is 30.0 Å². The van der Waals surface area contributed by atoms with Crippen molar-refractivity contribution in [3.05, 3.63) is 95.3 Å². The lowest BCUT2D eigenvalue weighted by molar-refractivity contribution is -0.146. The molecule has 3 saturated carbocycles. The molecule has 2 aromatic carbocycles. The molecule has 3 fully saturated rings. The molecule has 0 saturated heterocycles. The van der Waals surface area contributed by atoms with Crippen molar-refractivity contribution in [1.82, 2.24) is 0 Å². The van der Waals surface area contributed by atoms with Crippen molar-refractivity contribution in [2.75, 3.05) is 5.73 Å². The van der Waals surface area contributed by atoms with E-state index in [0.717, 1.165) is 30.4 Å². The summed E-state index contributed by atoms with van der Waals surface area (Å²) in [6.07, 6.45) is 6.35. The van der Waals surface area contributed by atoms with Gasteiger partial charge in [0.15, 0.2) is 17.9 Å². The van der Waals surface area contributed by atoms with E-state index in [4.69, 9.17) is 14.9 Å². The number of allylic oxidation sites excluding steroid dienone is 4. The minimum atomic E-state index is -1.83. The van der Waals surface area contributed by atoms with Crippen molar-refractivity contribution >= 4 is 17.3 Å². The van der Waals surface area contributed by atoms with E-state index in [0.29, 0.717) is 29.8 Å². The summed E-state index contributed by atoms with van der Waals surface area (Å²) in [6.45, 7) is 4.46. The normalized spacial score (nSPS) is 31.5. The number of hydrogen-bond donors (Lipinski definition) is 5. The number of nitrogen functional groups attached to an aromatic ring is 1. The lowest BCUT2D eigenvalue weighted by Crippen LogP contribution is -2.56. The van der Waals surface area contributed by atoms with E-state index >= 15 is 0 Å². The minimum Gasteiger partial charge on any atom is -0.489 e. The van der Waals surface area contributed by atoms with Crippen molar-refractivity contribution in [3.8, 4) is 17.1 Å². The van der Waals surface area contributed by atoms with E-state index < -0.39 is 29.8 Å². The average molecular weight is 654 g/mol. The number of carbonyl (C=O) groups excluding carboxylic acids is 2. The van der Waals surface area contributed by atoms with Crippen molar-refractivity contribution in [2.45, 2.75) is 71.1 Å². The average Bonchev–Trinajstić information content (AvgIpc) is 3.68. The Morgan fingerprint density at radius 3 is 2.67 bits per heavy atom. The van der Waals surface area contributed by atoms with Gasteiger partial charge in [-0.05, 0) is 103 Å². The summed E-state index contributed by atoms with van der Waals surface area (Å²) in [7, 11) is 0. The SMILES string of the molecule is C[C@]12C=CC(=O)C=C1CC[C@@H]1C2[C@@H](O)C[C@@]2(C)C1CC[C@@H]2C(=O)C(O)c1coc(-c2ccc(OCc3cccc(N)c3)cc2C(O)O)c1. The third-order valence-corrected chi connectivity index (χ3v) is 12.0. The van der Waals surface area contributed by atoms with Gasteiger partial charge in [-0.1, -0.05) is 37.6 Å². The van der Waals surface area contributed by atoms with Crippen LogP contribution in [0.4, 0.5) is 5.69 Å². The molecule has 4 aliphatic rings. The molecule has 48 heavy (non-hydrogen) atoms.